The van der Waals surface area contributed by atoms with Gasteiger partial charge in [0.15, 0.2) is 5.78 Å². The van der Waals surface area contributed by atoms with Crippen molar-refractivity contribution in [3.63, 3.8) is 0 Å². The molecule has 0 heterocycles. The van der Waals surface area contributed by atoms with Gasteiger partial charge >= 0.3 is 0 Å². The summed E-state index contributed by atoms with van der Waals surface area (Å²) in [6, 6.07) is 13.1. The zero-order valence-electron chi connectivity index (χ0n) is 17.1. The quantitative estimate of drug-likeness (QED) is 0.529. The third-order valence-corrected chi connectivity index (χ3v) is 4.79. The monoisotopic (exact) mass is 442 g/mol. The zero-order valence-corrected chi connectivity index (χ0v) is 17.1. The Hall–Kier alpha value is -3.45. The number of aliphatic hydroxyl groups is 2. The Morgan fingerprint density at radius 2 is 1.12 bits per heavy atom. The van der Waals surface area contributed by atoms with Crippen LogP contribution in [0.25, 0.3) is 0 Å². The van der Waals surface area contributed by atoms with E-state index in [9.17, 15) is 19.5 Å². The van der Waals surface area contributed by atoms with Crippen molar-refractivity contribution in [2.24, 2.45) is 0 Å². The molecule has 1 fully saturated rings. The number of aromatic hydroxyl groups is 2. The molecule has 2 aliphatic carbocycles. The normalized spacial score (nSPS) is 14.8. The lowest BCUT2D eigenvalue weighted by molar-refractivity contribution is -0.121. The fourth-order valence-corrected chi connectivity index (χ4v) is 2.99. The molecule has 0 atom stereocenters. The van der Waals surface area contributed by atoms with Crippen molar-refractivity contribution in [2.45, 2.75) is 52.6 Å². The van der Waals surface area contributed by atoms with Crippen molar-refractivity contribution < 1.29 is 34.8 Å². The van der Waals surface area contributed by atoms with Crippen LogP contribution in [-0.4, -0.2) is 37.8 Å². The van der Waals surface area contributed by atoms with Crippen LogP contribution in [0.3, 0.4) is 0 Å². The van der Waals surface area contributed by atoms with Gasteiger partial charge in [0.05, 0.1) is 18.8 Å². The van der Waals surface area contributed by atoms with Gasteiger partial charge in [0, 0.05) is 37.7 Å². The van der Waals surface area contributed by atoms with Crippen LogP contribution >= 0.6 is 0 Å². The summed E-state index contributed by atoms with van der Waals surface area (Å²) in [5.74, 6) is 0.880. The number of phenols is 2. The van der Waals surface area contributed by atoms with E-state index in [1.54, 1.807) is 48.5 Å². The van der Waals surface area contributed by atoms with E-state index in [-0.39, 0.29) is 55.1 Å². The van der Waals surface area contributed by atoms with Crippen molar-refractivity contribution in [3.8, 4) is 11.5 Å². The molecule has 2 aromatic carbocycles. The number of rotatable bonds is 3. The summed E-state index contributed by atoms with van der Waals surface area (Å²) >= 11 is 0. The van der Waals surface area contributed by atoms with E-state index in [0.717, 1.165) is 11.1 Å². The maximum absolute atomic E-state index is 11.4. The Morgan fingerprint density at radius 1 is 0.656 bits per heavy atom. The van der Waals surface area contributed by atoms with Crippen molar-refractivity contribution in [2.75, 3.05) is 0 Å². The fraction of sp³-hybridized carbons (Fsp3) is 0.320. The van der Waals surface area contributed by atoms with Crippen LogP contribution in [0.4, 0.5) is 0 Å². The number of phenolic OH excluding ortho intramolecular Hbond substituents is 2. The second-order valence-electron chi connectivity index (χ2n) is 7.27. The summed E-state index contributed by atoms with van der Waals surface area (Å²) in [7, 11) is 0. The SMILES string of the molecule is C.O=C1CCC(=O)C1.O=C1CCC(O)=C1Cc1ccc(O)cc1.OCc1ccc(O)cc1. The average Bonchev–Trinajstić information content (AvgIpc) is 3.29. The molecule has 0 aromatic heterocycles. The molecule has 4 rings (SSSR count). The number of ketones is 3. The number of hydrogen-bond donors (Lipinski definition) is 4. The van der Waals surface area contributed by atoms with Gasteiger partial charge in [-0.2, -0.15) is 0 Å². The maximum atomic E-state index is 11.4. The molecule has 4 N–H and O–H groups in total. The Labute approximate surface area is 187 Å². The first-order chi connectivity index (χ1) is 14.8. The molecule has 0 saturated heterocycles. The van der Waals surface area contributed by atoms with Gasteiger partial charge in [-0.05, 0) is 35.4 Å². The van der Waals surface area contributed by atoms with Crippen molar-refractivity contribution >= 4 is 17.3 Å². The van der Waals surface area contributed by atoms with Gasteiger partial charge in [-0.15, -0.1) is 0 Å². The third-order valence-electron chi connectivity index (χ3n) is 4.79. The van der Waals surface area contributed by atoms with Crippen molar-refractivity contribution in [1.82, 2.24) is 0 Å². The maximum Gasteiger partial charge on any atom is 0.162 e. The molecule has 2 aliphatic rings. The summed E-state index contributed by atoms with van der Waals surface area (Å²) in [5.41, 5.74) is 2.25. The number of hydrogen-bond acceptors (Lipinski definition) is 7. The molecular formula is C25H30O7. The standard InChI is InChI=1S/C12H12O3.C7H8O2.C5H6O2.CH4/c13-9-3-1-8(2-4-9)7-10-11(14)5-6-12(10)15;8-5-6-1-3-7(9)4-2-6;6-4-1-2-5(7)3-4;/h1-4,13-14H,5-7H2;1-4,8-9H,5H2;1-3H2;1H4. The van der Waals surface area contributed by atoms with Crippen LogP contribution < -0.4 is 0 Å². The van der Waals surface area contributed by atoms with E-state index in [1.807, 2.05) is 0 Å². The molecule has 2 aromatic rings. The lowest BCUT2D eigenvalue weighted by atomic mass is 10.0. The fourth-order valence-electron chi connectivity index (χ4n) is 2.99. The lowest BCUT2D eigenvalue weighted by Gasteiger charge is -2.02. The average molecular weight is 443 g/mol. The third kappa shape index (κ3) is 8.73. The van der Waals surface area contributed by atoms with Gasteiger partial charge in [-0.25, -0.2) is 0 Å². The highest BCUT2D eigenvalue weighted by atomic mass is 16.3. The van der Waals surface area contributed by atoms with Crippen molar-refractivity contribution in [1.29, 1.82) is 0 Å². The molecule has 0 spiro atoms. The van der Waals surface area contributed by atoms with E-state index in [0.29, 0.717) is 37.7 Å². The number of Topliss-reactive ketones (excluding diaryl/α,β-unsaturated/α-hetero) is 3. The Morgan fingerprint density at radius 3 is 1.47 bits per heavy atom. The summed E-state index contributed by atoms with van der Waals surface area (Å²) in [4.78, 5) is 31.9. The Bertz CT molecular complexity index is 927. The highest BCUT2D eigenvalue weighted by Crippen LogP contribution is 2.24. The zero-order chi connectivity index (χ0) is 22.8. The summed E-state index contributed by atoms with van der Waals surface area (Å²) in [6.07, 6.45) is 2.49. The molecule has 1 saturated carbocycles. The van der Waals surface area contributed by atoms with Crippen LogP contribution in [0.1, 0.15) is 50.7 Å². The summed E-state index contributed by atoms with van der Waals surface area (Å²) in [5, 5.41) is 35.9. The van der Waals surface area contributed by atoms with Crippen LogP contribution in [0.5, 0.6) is 11.5 Å². The van der Waals surface area contributed by atoms with Gasteiger partial charge in [-0.3, -0.25) is 14.4 Å². The van der Waals surface area contributed by atoms with Gasteiger partial charge in [0.25, 0.3) is 0 Å². The van der Waals surface area contributed by atoms with Gasteiger partial charge in [-0.1, -0.05) is 31.7 Å². The smallest absolute Gasteiger partial charge is 0.162 e. The minimum Gasteiger partial charge on any atom is -0.512 e. The van der Waals surface area contributed by atoms with Crippen molar-refractivity contribution in [3.05, 3.63) is 71.0 Å². The van der Waals surface area contributed by atoms with E-state index >= 15 is 0 Å². The minimum atomic E-state index is 0. The Balaban J connectivity index is 0.000000258. The van der Waals surface area contributed by atoms with E-state index in [2.05, 4.69) is 0 Å². The van der Waals surface area contributed by atoms with Gasteiger partial charge < -0.3 is 20.4 Å². The first kappa shape index (κ1) is 26.6. The van der Waals surface area contributed by atoms with E-state index < -0.39 is 0 Å². The Kier molecular flexibility index (Phi) is 10.9. The highest BCUT2D eigenvalue weighted by Gasteiger charge is 2.22. The molecule has 0 aliphatic heterocycles. The summed E-state index contributed by atoms with van der Waals surface area (Å²) in [6.45, 7) is 0.0281. The van der Waals surface area contributed by atoms with Crippen LogP contribution in [0.15, 0.2) is 59.9 Å². The number of carbonyl (C=O) groups is 3. The van der Waals surface area contributed by atoms with Crippen LogP contribution in [-0.2, 0) is 27.4 Å². The van der Waals surface area contributed by atoms with E-state index in [1.165, 1.54) is 0 Å². The molecule has 172 valence electrons. The first-order valence-electron chi connectivity index (χ1n) is 9.92. The topological polar surface area (TPSA) is 132 Å². The summed E-state index contributed by atoms with van der Waals surface area (Å²) < 4.78 is 0. The number of benzene rings is 2. The molecular weight excluding hydrogens is 412 g/mol. The predicted octanol–water partition coefficient (Wildman–Crippen LogP) is 3.94. The van der Waals surface area contributed by atoms with Crippen LogP contribution in [0, 0.1) is 0 Å². The largest absolute Gasteiger partial charge is 0.512 e. The number of allylic oxidation sites excluding steroid dienone is 2. The first-order valence-corrected chi connectivity index (χ1v) is 9.92. The predicted molar refractivity (Wildman–Crippen MR) is 120 cm³/mol. The molecule has 7 nitrogen and oxygen atoms in total. The highest BCUT2D eigenvalue weighted by molar-refractivity contribution is 6.05. The number of aliphatic hydroxyl groups excluding tert-OH is 2. The second-order valence-corrected chi connectivity index (χ2v) is 7.27. The molecule has 0 bridgehead atoms. The number of carbonyl (C=O) groups excluding carboxylic acids is 3. The minimum absolute atomic E-state index is 0. The van der Waals surface area contributed by atoms with Crippen LogP contribution in [0.2, 0.25) is 0 Å². The van der Waals surface area contributed by atoms with Gasteiger partial charge in [0.1, 0.15) is 23.1 Å². The molecule has 0 unspecified atom stereocenters. The lowest BCUT2D eigenvalue weighted by Crippen LogP contribution is -2.00. The molecule has 7 heteroatoms. The van der Waals surface area contributed by atoms with Gasteiger partial charge in [0.2, 0.25) is 0 Å². The second kappa shape index (κ2) is 13.1. The molecule has 32 heavy (non-hydrogen) atoms. The van der Waals surface area contributed by atoms with E-state index in [4.69, 9.17) is 15.3 Å². The molecule has 0 amide bonds. The molecule has 0 radical (unpaired) electrons.